The predicted octanol–water partition coefficient (Wildman–Crippen LogP) is 1.49. The minimum atomic E-state index is -3.72. The van der Waals surface area contributed by atoms with Crippen LogP contribution in [0.2, 0.25) is 0 Å². The van der Waals surface area contributed by atoms with Crippen LogP contribution < -0.4 is 4.72 Å². The maximum Gasteiger partial charge on any atom is 0.241 e. The first kappa shape index (κ1) is 16.3. The second-order valence-corrected chi connectivity index (χ2v) is 8.04. The molecule has 2 unspecified atom stereocenters. The lowest BCUT2D eigenvalue weighted by Gasteiger charge is -2.14. The largest absolute Gasteiger partial charge is 0.260 e. The third-order valence-corrected chi connectivity index (χ3v) is 5.85. The van der Waals surface area contributed by atoms with E-state index in [1.807, 2.05) is 0 Å². The summed E-state index contributed by atoms with van der Waals surface area (Å²) in [6, 6.07) is 2.37. The number of hydrogen-bond acceptors (Lipinski definition) is 3. The molecule has 0 aliphatic carbocycles. The zero-order chi connectivity index (χ0) is 14.8. The Balaban J connectivity index is 3.05. The van der Waals surface area contributed by atoms with E-state index in [-0.39, 0.29) is 16.7 Å². The molecule has 0 aromatic heterocycles. The summed E-state index contributed by atoms with van der Waals surface area (Å²) in [5.74, 6) is -0.461. The summed E-state index contributed by atoms with van der Waals surface area (Å²) < 4.78 is 51.1. The molecule has 0 radical (unpaired) electrons. The zero-order valence-electron chi connectivity index (χ0n) is 11.4. The smallest absolute Gasteiger partial charge is 0.241 e. The van der Waals surface area contributed by atoms with Crippen molar-refractivity contribution in [3.8, 4) is 0 Å². The number of benzene rings is 1. The molecule has 1 N–H and O–H groups in total. The van der Waals surface area contributed by atoms with Gasteiger partial charge in [0.05, 0.1) is 4.90 Å². The van der Waals surface area contributed by atoms with Crippen molar-refractivity contribution in [2.45, 2.75) is 30.9 Å². The number of sulfonamides is 1. The van der Waals surface area contributed by atoms with Gasteiger partial charge in [-0.25, -0.2) is 17.5 Å². The van der Waals surface area contributed by atoms with Crippen LogP contribution in [0.1, 0.15) is 18.1 Å². The summed E-state index contributed by atoms with van der Waals surface area (Å²) >= 11 is 0. The highest BCUT2D eigenvalue weighted by molar-refractivity contribution is 7.89. The normalized spacial score (nSPS) is 15.2. The summed E-state index contributed by atoms with van der Waals surface area (Å²) in [7, 11) is -4.82. The molecule has 0 spiro atoms. The molecular weight excluding hydrogens is 289 g/mol. The SMILES string of the molecule is Cc1cc(F)cc(C)c1S(=O)(=O)NCC(C)S(C)=O. The Morgan fingerprint density at radius 2 is 1.79 bits per heavy atom. The third kappa shape index (κ3) is 4.09. The molecule has 0 bridgehead atoms. The van der Waals surface area contributed by atoms with Gasteiger partial charge >= 0.3 is 0 Å². The number of rotatable bonds is 5. The highest BCUT2D eigenvalue weighted by atomic mass is 32.2. The Kier molecular flexibility index (Phi) is 5.23. The van der Waals surface area contributed by atoms with E-state index in [0.717, 1.165) is 0 Å². The lowest BCUT2D eigenvalue weighted by atomic mass is 10.1. The van der Waals surface area contributed by atoms with Crippen LogP contribution >= 0.6 is 0 Å². The van der Waals surface area contributed by atoms with Gasteiger partial charge in [0, 0.05) is 28.9 Å². The van der Waals surface area contributed by atoms with Gasteiger partial charge in [-0.1, -0.05) is 0 Å². The van der Waals surface area contributed by atoms with Crippen LogP contribution in [0.3, 0.4) is 0 Å². The standard InChI is InChI=1S/C12H18FNO3S2/c1-8-5-11(13)6-9(2)12(8)19(16,17)14-7-10(3)18(4)15/h5-6,10,14H,7H2,1-4H3. The van der Waals surface area contributed by atoms with Crippen molar-refractivity contribution >= 4 is 20.8 Å². The number of halogens is 1. The molecule has 0 fully saturated rings. The fourth-order valence-corrected chi connectivity index (χ4v) is 3.74. The zero-order valence-corrected chi connectivity index (χ0v) is 13.0. The molecule has 0 amide bonds. The van der Waals surface area contributed by atoms with Gasteiger partial charge < -0.3 is 0 Å². The van der Waals surface area contributed by atoms with Gasteiger partial charge in [-0.15, -0.1) is 0 Å². The first-order valence-electron chi connectivity index (χ1n) is 5.74. The number of nitrogens with one attached hydrogen (secondary N) is 1. The Bertz CT molecular complexity index is 576. The topological polar surface area (TPSA) is 63.2 Å². The van der Waals surface area contributed by atoms with Crippen LogP contribution in [-0.2, 0) is 20.8 Å². The van der Waals surface area contributed by atoms with E-state index in [0.29, 0.717) is 11.1 Å². The molecule has 7 heteroatoms. The molecule has 19 heavy (non-hydrogen) atoms. The minimum absolute atomic E-state index is 0.0850. The van der Waals surface area contributed by atoms with Crippen LogP contribution in [0, 0.1) is 19.7 Å². The van der Waals surface area contributed by atoms with Crippen LogP contribution in [0.4, 0.5) is 4.39 Å². The Morgan fingerprint density at radius 1 is 1.32 bits per heavy atom. The van der Waals surface area contributed by atoms with Gasteiger partial charge in [-0.2, -0.15) is 0 Å². The van der Waals surface area contributed by atoms with E-state index in [1.165, 1.54) is 18.4 Å². The fraction of sp³-hybridized carbons (Fsp3) is 0.500. The lowest BCUT2D eigenvalue weighted by Crippen LogP contribution is -2.33. The maximum absolute atomic E-state index is 13.2. The third-order valence-electron chi connectivity index (χ3n) is 2.82. The van der Waals surface area contributed by atoms with E-state index in [1.54, 1.807) is 20.8 Å². The highest BCUT2D eigenvalue weighted by Gasteiger charge is 2.21. The second kappa shape index (κ2) is 6.11. The Labute approximate surface area is 115 Å². The summed E-state index contributed by atoms with van der Waals surface area (Å²) in [6.07, 6.45) is 1.52. The van der Waals surface area contributed by atoms with Crippen molar-refractivity contribution in [3.63, 3.8) is 0 Å². The average molecular weight is 307 g/mol. The summed E-state index contributed by atoms with van der Waals surface area (Å²) in [5.41, 5.74) is 0.713. The first-order chi connectivity index (χ1) is 8.65. The summed E-state index contributed by atoms with van der Waals surface area (Å²) in [4.78, 5) is 0.0861. The summed E-state index contributed by atoms with van der Waals surface area (Å²) in [5, 5.41) is -0.282. The van der Waals surface area contributed by atoms with Crippen molar-refractivity contribution in [1.82, 2.24) is 4.72 Å². The molecular formula is C12H18FNO3S2. The highest BCUT2D eigenvalue weighted by Crippen LogP contribution is 2.21. The maximum atomic E-state index is 13.2. The average Bonchev–Trinajstić information content (AvgIpc) is 2.23. The minimum Gasteiger partial charge on any atom is -0.260 e. The predicted molar refractivity (Wildman–Crippen MR) is 74.6 cm³/mol. The van der Waals surface area contributed by atoms with E-state index < -0.39 is 26.6 Å². The van der Waals surface area contributed by atoms with Gasteiger partial charge in [-0.05, 0) is 44.0 Å². The molecule has 1 rings (SSSR count). The van der Waals surface area contributed by atoms with E-state index >= 15 is 0 Å². The van der Waals surface area contributed by atoms with Crippen molar-refractivity contribution in [3.05, 3.63) is 29.1 Å². The van der Waals surface area contributed by atoms with Gasteiger partial charge in [0.1, 0.15) is 5.82 Å². The Hall–Kier alpha value is -0.790. The molecule has 0 heterocycles. The molecule has 0 aliphatic rings. The summed E-state index contributed by atoms with van der Waals surface area (Å²) in [6.45, 7) is 4.88. The number of hydrogen-bond donors (Lipinski definition) is 1. The molecule has 1 aromatic carbocycles. The monoisotopic (exact) mass is 307 g/mol. The van der Waals surface area contributed by atoms with Crippen molar-refractivity contribution in [2.24, 2.45) is 0 Å². The van der Waals surface area contributed by atoms with Crippen LogP contribution in [0.5, 0.6) is 0 Å². The molecule has 0 saturated heterocycles. The van der Waals surface area contributed by atoms with Gasteiger partial charge in [0.25, 0.3) is 0 Å². The number of aryl methyl sites for hydroxylation is 2. The van der Waals surface area contributed by atoms with E-state index in [2.05, 4.69) is 4.72 Å². The first-order valence-corrected chi connectivity index (χ1v) is 8.84. The van der Waals surface area contributed by atoms with Crippen LogP contribution in [0.15, 0.2) is 17.0 Å². The van der Waals surface area contributed by atoms with Gasteiger partial charge in [-0.3, -0.25) is 4.21 Å². The lowest BCUT2D eigenvalue weighted by molar-refractivity contribution is 0.578. The quantitative estimate of drug-likeness (QED) is 0.896. The molecule has 0 saturated carbocycles. The molecule has 2 atom stereocenters. The van der Waals surface area contributed by atoms with E-state index in [9.17, 15) is 17.0 Å². The Morgan fingerprint density at radius 3 is 2.21 bits per heavy atom. The molecule has 1 aromatic rings. The van der Waals surface area contributed by atoms with Crippen molar-refractivity contribution in [1.29, 1.82) is 0 Å². The van der Waals surface area contributed by atoms with Crippen LogP contribution in [0.25, 0.3) is 0 Å². The van der Waals surface area contributed by atoms with Gasteiger partial charge in [0.15, 0.2) is 0 Å². The molecule has 0 aliphatic heterocycles. The van der Waals surface area contributed by atoms with Crippen molar-refractivity contribution in [2.75, 3.05) is 12.8 Å². The van der Waals surface area contributed by atoms with E-state index in [4.69, 9.17) is 0 Å². The van der Waals surface area contributed by atoms with Gasteiger partial charge in [0.2, 0.25) is 10.0 Å². The van der Waals surface area contributed by atoms with Crippen LogP contribution in [-0.4, -0.2) is 30.7 Å². The molecule has 4 nitrogen and oxygen atoms in total. The second-order valence-electron chi connectivity index (χ2n) is 4.53. The van der Waals surface area contributed by atoms with Crippen molar-refractivity contribution < 1.29 is 17.0 Å². The fourth-order valence-electron chi connectivity index (χ4n) is 1.74. The molecule has 108 valence electrons.